The fraction of sp³-hybridized carbons (Fsp3) is 0.357. The fourth-order valence-corrected chi connectivity index (χ4v) is 3.70. The highest BCUT2D eigenvalue weighted by Gasteiger charge is 2.10. The molecule has 8 heteroatoms. The molecule has 0 saturated heterocycles. The molecule has 0 bridgehead atoms. The van der Waals surface area contributed by atoms with Crippen molar-refractivity contribution >= 4 is 50.1 Å². The Morgan fingerprint density at radius 1 is 1.45 bits per heavy atom. The van der Waals surface area contributed by atoms with E-state index in [0.717, 1.165) is 12.8 Å². The molecule has 0 aliphatic heterocycles. The second-order valence-corrected chi connectivity index (χ2v) is 7.66. The molecule has 1 amide bonds. The molecule has 0 aliphatic rings. The monoisotopic (exact) mass is 403 g/mol. The number of halogens is 2. The molecule has 22 heavy (non-hydrogen) atoms. The average molecular weight is 404 g/mol. The largest absolute Gasteiger partial charge is 0.301 e. The van der Waals surface area contributed by atoms with Gasteiger partial charge < -0.3 is 5.32 Å². The minimum atomic E-state index is -0.250. The van der Waals surface area contributed by atoms with Gasteiger partial charge >= 0.3 is 0 Å². The highest BCUT2D eigenvalue weighted by Crippen LogP contribution is 2.29. The number of benzene rings is 1. The number of unbranched alkanes of at least 4 members (excludes halogenated alkanes) is 1. The van der Waals surface area contributed by atoms with Gasteiger partial charge in [-0.3, -0.25) is 4.79 Å². The molecule has 4 nitrogen and oxygen atoms in total. The van der Waals surface area contributed by atoms with Crippen LogP contribution in [-0.2, 0) is 10.5 Å². The van der Waals surface area contributed by atoms with Crippen LogP contribution in [0.15, 0.2) is 27.0 Å². The summed E-state index contributed by atoms with van der Waals surface area (Å²) in [4.78, 5) is 11.6. The average Bonchev–Trinajstić information content (AvgIpc) is 2.91. The molecular formula is C14H15BrFN3OS2. The van der Waals surface area contributed by atoms with E-state index in [-0.39, 0.29) is 11.7 Å². The molecule has 118 valence electrons. The zero-order valence-electron chi connectivity index (χ0n) is 11.9. The van der Waals surface area contributed by atoms with Gasteiger partial charge in [0, 0.05) is 16.6 Å². The van der Waals surface area contributed by atoms with Crippen molar-refractivity contribution < 1.29 is 9.18 Å². The number of hydrogen-bond donors (Lipinski definition) is 1. The Hall–Kier alpha value is -0.990. The summed E-state index contributed by atoms with van der Waals surface area (Å²) >= 11 is 5.93. The first kappa shape index (κ1) is 17.4. The number of amides is 1. The first-order chi connectivity index (χ1) is 10.6. The Kier molecular flexibility index (Phi) is 6.78. The minimum Gasteiger partial charge on any atom is -0.301 e. The third kappa shape index (κ3) is 5.33. The van der Waals surface area contributed by atoms with Gasteiger partial charge in [0.2, 0.25) is 11.0 Å². The molecule has 2 rings (SSSR count). The highest BCUT2D eigenvalue weighted by molar-refractivity contribution is 9.10. The van der Waals surface area contributed by atoms with Gasteiger partial charge in [-0.2, -0.15) is 0 Å². The van der Waals surface area contributed by atoms with Gasteiger partial charge in [0.25, 0.3) is 0 Å². The number of carbonyl (C=O) groups is 1. The molecule has 0 radical (unpaired) electrons. The van der Waals surface area contributed by atoms with Crippen molar-refractivity contribution in [3.8, 4) is 0 Å². The molecule has 0 atom stereocenters. The summed E-state index contributed by atoms with van der Waals surface area (Å²) in [6, 6.07) is 4.98. The van der Waals surface area contributed by atoms with Crippen LogP contribution in [0.1, 0.15) is 31.7 Å². The summed E-state index contributed by atoms with van der Waals surface area (Å²) in [6.45, 7) is 2.04. The number of anilines is 1. The summed E-state index contributed by atoms with van der Waals surface area (Å²) in [5.74, 6) is 0.172. The lowest BCUT2D eigenvalue weighted by Gasteiger charge is -2.01. The maximum atomic E-state index is 13.7. The SMILES string of the molecule is CCCCC(=O)Nc1nnc(SCc2ccc(Br)cc2F)s1. The number of nitrogens with zero attached hydrogens (tertiary/aromatic N) is 2. The maximum Gasteiger partial charge on any atom is 0.226 e. The van der Waals surface area contributed by atoms with E-state index in [1.165, 1.54) is 29.2 Å². The van der Waals surface area contributed by atoms with E-state index in [2.05, 4.69) is 31.4 Å². The van der Waals surface area contributed by atoms with E-state index in [1.54, 1.807) is 12.1 Å². The lowest BCUT2D eigenvalue weighted by atomic mass is 10.2. The summed E-state index contributed by atoms with van der Waals surface area (Å²) in [6.07, 6.45) is 2.32. The number of thioether (sulfide) groups is 1. The molecule has 0 fully saturated rings. The van der Waals surface area contributed by atoms with E-state index < -0.39 is 0 Å². The fourth-order valence-electron chi connectivity index (χ4n) is 1.62. The lowest BCUT2D eigenvalue weighted by molar-refractivity contribution is -0.116. The highest BCUT2D eigenvalue weighted by atomic mass is 79.9. The quantitative estimate of drug-likeness (QED) is 0.529. The number of rotatable bonds is 7. The standard InChI is InChI=1S/C14H15BrFN3OS2/c1-2-3-4-12(20)17-13-18-19-14(22-13)21-8-9-5-6-10(15)7-11(9)16/h5-7H,2-4,8H2,1H3,(H,17,18,20). The summed E-state index contributed by atoms with van der Waals surface area (Å²) in [5.41, 5.74) is 0.608. The maximum absolute atomic E-state index is 13.7. The number of hydrogen-bond acceptors (Lipinski definition) is 5. The normalized spacial score (nSPS) is 10.7. The van der Waals surface area contributed by atoms with Crippen LogP contribution < -0.4 is 5.32 Å². The molecule has 0 spiro atoms. The van der Waals surface area contributed by atoms with Crippen molar-refractivity contribution in [2.45, 2.75) is 36.3 Å². The second kappa shape index (κ2) is 8.59. The first-order valence-electron chi connectivity index (χ1n) is 6.78. The third-order valence-corrected chi connectivity index (χ3v) is 5.29. The third-order valence-electron chi connectivity index (χ3n) is 2.78. The zero-order valence-corrected chi connectivity index (χ0v) is 15.2. The van der Waals surface area contributed by atoms with Crippen molar-refractivity contribution in [1.29, 1.82) is 0 Å². The van der Waals surface area contributed by atoms with Crippen LogP contribution in [0.3, 0.4) is 0 Å². The van der Waals surface area contributed by atoms with Crippen LogP contribution in [-0.4, -0.2) is 16.1 Å². The molecule has 1 heterocycles. The van der Waals surface area contributed by atoms with Crippen LogP contribution in [0, 0.1) is 5.82 Å². The molecule has 1 aromatic heterocycles. The van der Waals surface area contributed by atoms with Crippen LogP contribution in [0.4, 0.5) is 9.52 Å². The number of aromatic nitrogens is 2. The predicted octanol–water partition coefficient (Wildman–Crippen LogP) is 4.86. The molecule has 2 aromatic rings. The van der Waals surface area contributed by atoms with Gasteiger partial charge in [-0.15, -0.1) is 10.2 Å². The van der Waals surface area contributed by atoms with Crippen molar-refractivity contribution in [3.05, 3.63) is 34.1 Å². The van der Waals surface area contributed by atoms with E-state index in [9.17, 15) is 9.18 Å². The van der Waals surface area contributed by atoms with Gasteiger partial charge in [0.1, 0.15) is 5.82 Å². The Morgan fingerprint density at radius 2 is 2.27 bits per heavy atom. The van der Waals surface area contributed by atoms with Gasteiger partial charge in [-0.25, -0.2) is 4.39 Å². The second-order valence-electron chi connectivity index (χ2n) is 4.55. The number of nitrogens with one attached hydrogen (secondary N) is 1. The van der Waals surface area contributed by atoms with Crippen LogP contribution in [0.25, 0.3) is 0 Å². The molecule has 0 unspecified atom stereocenters. The van der Waals surface area contributed by atoms with Gasteiger partial charge in [0.15, 0.2) is 4.34 Å². The minimum absolute atomic E-state index is 0.0477. The van der Waals surface area contributed by atoms with Gasteiger partial charge in [0.05, 0.1) is 0 Å². The Balaban J connectivity index is 1.88. The number of carbonyl (C=O) groups excluding carboxylic acids is 1. The summed E-state index contributed by atoms with van der Waals surface area (Å²) in [5, 5.41) is 11.1. The Bertz CT molecular complexity index is 651. The topological polar surface area (TPSA) is 54.9 Å². The van der Waals surface area contributed by atoms with Gasteiger partial charge in [-0.1, -0.05) is 58.4 Å². The first-order valence-corrected chi connectivity index (χ1v) is 9.38. The molecule has 1 N–H and O–H groups in total. The van der Waals surface area contributed by atoms with Crippen LogP contribution in [0.2, 0.25) is 0 Å². The molecule has 0 aliphatic carbocycles. The van der Waals surface area contributed by atoms with Crippen molar-refractivity contribution in [1.82, 2.24) is 10.2 Å². The zero-order chi connectivity index (χ0) is 15.9. The Labute approximate surface area is 145 Å². The predicted molar refractivity (Wildman–Crippen MR) is 91.7 cm³/mol. The summed E-state index contributed by atoms with van der Waals surface area (Å²) in [7, 11) is 0. The Morgan fingerprint density at radius 3 is 3.00 bits per heavy atom. The lowest BCUT2D eigenvalue weighted by Crippen LogP contribution is -2.10. The summed E-state index contributed by atoms with van der Waals surface area (Å²) < 4.78 is 15.1. The van der Waals surface area contributed by atoms with Crippen molar-refractivity contribution in [2.75, 3.05) is 5.32 Å². The van der Waals surface area contributed by atoms with E-state index >= 15 is 0 Å². The van der Waals surface area contributed by atoms with Crippen LogP contribution in [0.5, 0.6) is 0 Å². The molecule has 1 aromatic carbocycles. The smallest absolute Gasteiger partial charge is 0.226 e. The molecular weight excluding hydrogens is 389 g/mol. The van der Waals surface area contributed by atoms with Crippen molar-refractivity contribution in [2.24, 2.45) is 0 Å². The van der Waals surface area contributed by atoms with E-state index in [1.807, 2.05) is 6.92 Å². The van der Waals surface area contributed by atoms with Crippen LogP contribution >= 0.6 is 39.0 Å². The van der Waals surface area contributed by atoms with E-state index in [4.69, 9.17) is 0 Å². The van der Waals surface area contributed by atoms with E-state index in [0.29, 0.717) is 31.7 Å². The van der Waals surface area contributed by atoms with Gasteiger partial charge in [-0.05, 0) is 24.1 Å². The van der Waals surface area contributed by atoms with Crippen molar-refractivity contribution in [3.63, 3.8) is 0 Å². The molecule has 0 saturated carbocycles.